The summed E-state index contributed by atoms with van der Waals surface area (Å²) in [5.41, 5.74) is 10.0. The van der Waals surface area contributed by atoms with Gasteiger partial charge in [0.15, 0.2) is 0 Å². The quantitative estimate of drug-likeness (QED) is 0.431. The van der Waals surface area contributed by atoms with Crippen LogP contribution in [0.25, 0.3) is 22.2 Å². The number of fused-ring (bicyclic) bond motifs is 1. The molecule has 2 aromatic heterocycles. The second kappa shape index (κ2) is 9.56. The van der Waals surface area contributed by atoms with Gasteiger partial charge in [-0.25, -0.2) is 9.97 Å². The maximum Gasteiger partial charge on any atom is 0.245 e. The van der Waals surface area contributed by atoms with Gasteiger partial charge in [-0.05, 0) is 55.4 Å². The van der Waals surface area contributed by atoms with E-state index in [-0.39, 0.29) is 5.91 Å². The van der Waals surface area contributed by atoms with Crippen molar-refractivity contribution in [1.82, 2.24) is 24.3 Å². The Kier molecular flexibility index (Phi) is 6.09. The standard InChI is InChI=1S/C29H32N6O2/c1-3-25(36)34-14-12-21(13-15-34)35-16-19(17-35)4-11-24-26(27-28(30)31-18-32-29(27)33(24)2)20-5-7-22(8-6-20)37-23-9-10-23/h3,5-8,18-19,21,23H,1,9-10,12-17H2,2H3,(H2,30,31,32). The molecule has 0 unspecified atom stereocenters. The highest BCUT2D eigenvalue weighted by Crippen LogP contribution is 2.37. The van der Waals surface area contributed by atoms with Crippen molar-refractivity contribution < 1.29 is 9.53 Å². The van der Waals surface area contributed by atoms with Crippen molar-refractivity contribution in [2.45, 2.75) is 37.8 Å². The molecule has 2 aliphatic heterocycles. The summed E-state index contributed by atoms with van der Waals surface area (Å²) >= 11 is 0. The van der Waals surface area contributed by atoms with Gasteiger partial charge in [-0.15, -0.1) is 0 Å². The van der Waals surface area contributed by atoms with Crippen LogP contribution in [-0.2, 0) is 11.8 Å². The molecule has 0 bridgehead atoms. The van der Waals surface area contributed by atoms with Gasteiger partial charge in [-0.2, -0.15) is 0 Å². The number of carbonyl (C=O) groups excluding carboxylic acids is 1. The first-order valence-corrected chi connectivity index (χ1v) is 13.0. The molecule has 3 aromatic rings. The van der Waals surface area contributed by atoms with Crippen LogP contribution in [0.15, 0.2) is 43.2 Å². The first-order valence-electron chi connectivity index (χ1n) is 13.0. The minimum absolute atomic E-state index is 0.0342. The van der Waals surface area contributed by atoms with Crippen LogP contribution in [0.1, 0.15) is 31.4 Å². The van der Waals surface area contributed by atoms with E-state index in [2.05, 4.69) is 45.4 Å². The second-order valence-electron chi connectivity index (χ2n) is 10.3. The van der Waals surface area contributed by atoms with Crippen LogP contribution in [-0.4, -0.2) is 68.6 Å². The molecule has 0 radical (unpaired) electrons. The molecule has 2 N–H and O–H groups in total. The fourth-order valence-corrected chi connectivity index (χ4v) is 5.43. The van der Waals surface area contributed by atoms with E-state index in [1.165, 1.54) is 12.4 Å². The normalized spacial score (nSPS) is 18.8. The van der Waals surface area contributed by atoms with Gasteiger partial charge in [0.25, 0.3) is 0 Å². The topological polar surface area (TPSA) is 89.5 Å². The molecule has 0 spiro atoms. The number of amides is 1. The predicted molar refractivity (Wildman–Crippen MR) is 144 cm³/mol. The molecule has 1 aliphatic carbocycles. The van der Waals surface area contributed by atoms with Crippen molar-refractivity contribution in [3.05, 3.63) is 48.9 Å². The van der Waals surface area contributed by atoms with Crippen LogP contribution in [0.5, 0.6) is 5.75 Å². The Bertz CT molecular complexity index is 1400. The van der Waals surface area contributed by atoms with Crippen molar-refractivity contribution in [2.24, 2.45) is 13.0 Å². The van der Waals surface area contributed by atoms with E-state index in [1.54, 1.807) is 0 Å². The van der Waals surface area contributed by atoms with Crippen LogP contribution in [0.4, 0.5) is 5.82 Å². The molecule has 0 atom stereocenters. The molecule has 1 saturated carbocycles. The lowest BCUT2D eigenvalue weighted by molar-refractivity contribution is -0.127. The van der Waals surface area contributed by atoms with Crippen LogP contribution in [0, 0.1) is 17.8 Å². The van der Waals surface area contributed by atoms with E-state index >= 15 is 0 Å². The molecule has 1 aromatic carbocycles. The number of nitrogens with two attached hydrogens (primary N) is 1. The van der Waals surface area contributed by atoms with E-state index in [0.717, 1.165) is 85.5 Å². The number of rotatable bonds is 5. The number of benzene rings is 1. The fraction of sp³-hybridized carbons (Fsp3) is 0.414. The molecule has 37 heavy (non-hydrogen) atoms. The number of anilines is 1. The third kappa shape index (κ3) is 4.56. The number of carbonyl (C=O) groups is 1. The minimum atomic E-state index is 0.0342. The summed E-state index contributed by atoms with van der Waals surface area (Å²) < 4.78 is 7.96. The number of hydrogen-bond acceptors (Lipinski definition) is 6. The van der Waals surface area contributed by atoms with E-state index < -0.39 is 0 Å². The number of aryl methyl sites for hydroxylation is 1. The summed E-state index contributed by atoms with van der Waals surface area (Å²) in [6.45, 7) is 7.12. The van der Waals surface area contributed by atoms with Gasteiger partial charge in [-0.1, -0.05) is 24.6 Å². The molecule has 3 fully saturated rings. The Morgan fingerprint density at radius 1 is 1.14 bits per heavy atom. The zero-order valence-electron chi connectivity index (χ0n) is 21.2. The number of nitrogens with zero attached hydrogens (tertiary/aromatic N) is 5. The summed E-state index contributed by atoms with van der Waals surface area (Å²) in [7, 11) is 1.98. The highest BCUT2D eigenvalue weighted by molar-refractivity contribution is 6.03. The molecule has 190 valence electrons. The van der Waals surface area contributed by atoms with Crippen molar-refractivity contribution in [3.8, 4) is 28.7 Å². The Hall–Kier alpha value is -3.83. The molecular formula is C29H32N6O2. The molecule has 8 heteroatoms. The van der Waals surface area contributed by atoms with Gasteiger partial charge in [0.1, 0.15) is 29.2 Å². The van der Waals surface area contributed by atoms with Crippen molar-refractivity contribution in [3.63, 3.8) is 0 Å². The van der Waals surface area contributed by atoms with Crippen LogP contribution < -0.4 is 10.5 Å². The SMILES string of the molecule is C=CC(=O)N1CCC(N2CC(C#Cc3c(-c4ccc(OC5CC5)cc4)c4c(N)ncnc4n3C)C2)CC1. The average molecular weight is 497 g/mol. The van der Waals surface area contributed by atoms with E-state index in [1.807, 2.05) is 28.6 Å². The Labute approximate surface area is 217 Å². The van der Waals surface area contributed by atoms with Gasteiger partial charge >= 0.3 is 0 Å². The van der Waals surface area contributed by atoms with E-state index in [4.69, 9.17) is 10.5 Å². The number of piperidine rings is 1. The number of likely N-dealkylation sites (tertiary alicyclic amines) is 2. The van der Waals surface area contributed by atoms with Gasteiger partial charge in [0.05, 0.1) is 11.5 Å². The number of hydrogen-bond donors (Lipinski definition) is 1. The molecule has 6 rings (SSSR count). The Morgan fingerprint density at radius 3 is 2.54 bits per heavy atom. The highest BCUT2D eigenvalue weighted by Gasteiger charge is 2.34. The first kappa shape index (κ1) is 23.6. The predicted octanol–water partition coefficient (Wildman–Crippen LogP) is 3.22. The zero-order valence-corrected chi connectivity index (χ0v) is 21.2. The van der Waals surface area contributed by atoms with Crippen LogP contribution in [0.3, 0.4) is 0 Å². The molecule has 2 saturated heterocycles. The van der Waals surface area contributed by atoms with E-state index in [0.29, 0.717) is 23.9 Å². The van der Waals surface area contributed by atoms with Gasteiger partial charge in [0, 0.05) is 50.7 Å². The molecule has 1 amide bonds. The Morgan fingerprint density at radius 2 is 1.86 bits per heavy atom. The average Bonchev–Trinajstić information content (AvgIpc) is 3.66. The summed E-state index contributed by atoms with van der Waals surface area (Å²) in [4.78, 5) is 25.0. The lowest BCUT2D eigenvalue weighted by Gasteiger charge is -2.45. The summed E-state index contributed by atoms with van der Waals surface area (Å²) in [5, 5.41) is 0.834. The maximum atomic E-state index is 11.9. The first-order chi connectivity index (χ1) is 18.0. The van der Waals surface area contributed by atoms with Crippen molar-refractivity contribution >= 4 is 22.8 Å². The number of ether oxygens (including phenoxy) is 1. The summed E-state index contributed by atoms with van der Waals surface area (Å²) in [6.07, 6.45) is 7.54. The highest BCUT2D eigenvalue weighted by atomic mass is 16.5. The smallest absolute Gasteiger partial charge is 0.245 e. The van der Waals surface area contributed by atoms with Crippen LogP contribution >= 0.6 is 0 Å². The fourth-order valence-electron chi connectivity index (χ4n) is 5.43. The lowest BCUT2D eigenvalue weighted by atomic mass is 9.93. The Balaban J connectivity index is 1.21. The molecule has 8 nitrogen and oxygen atoms in total. The maximum absolute atomic E-state index is 11.9. The summed E-state index contributed by atoms with van der Waals surface area (Å²) in [6, 6.07) is 8.69. The monoisotopic (exact) mass is 496 g/mol. The number of aromatic nitrogens is 3. The molecular weight excluding hydrogens is 464 g/mol. The van der Waals surface area contributed by atoms with Crippen molar-refractivity contribution in [1.29, 1.82) is 0 Å². The zero-order chi connectivity index (χ0) is 25.5. The van der Waals surface area contributed by atoms with Gasteiger partial charge < -0.3 is 19.9 Å². The molecule has 3 aliphatic rings. The lowest BCUT2D eigenvalue weighted by Crippen LogP contribution is -2.55. The third-order valence-electron chi connectivity index (χ3n) is 7.74. The van der Waals surface area contributed by atoms with E-state index in [9.17, 15) is 4.79 Å². The second-order valence-corrected chi connectivity index (χ2v) is 10.3. The minimum Gasteiger partial charge on any atom is -0.490 e. The van der Waals surface area contributed by atoms with Crippen LogP contribution in [0.2, 0.25) is 0 Å². The molecule has 4 heterocycles. The van der Waals surface area contributed by atoms with Crippen molar-refractivity contribution in [2.75, 3.05) is 31.9 Å². The van der Waals surface area contributed by atoms with Gasteiger partial charge in [-0.3, -0.25) is 9.69 Å². The third-order valence-corrected chi connectivity index (χ3v) is 7.74. The number of nitrogen functional groups attached to an aromatic ring is 1. The largest absolute Gasteiger partial charge is 0.490 e. The van der Waals surface area contributed by atoms with Gasteiger partial charge in [0.2, 0.25) is 5.91 Å². The summed E-state index contributed by atoms with van der Waals surface area (Å²) in [5.74, 6) is 8.68.